The summed E-state index contributed by atoms with van der Waals surface area (Å²) in [5.41, 5.74) is 5.14. The normalized spacial score (nSPS) is 19.7. The van der Waals surface area contributed by atoms with Crippen LogP contribution < -0.4 is 4.57 Å². The average Bonchev–Trinajstić information content (AvgIpc) is 2.53. The number of nitrogens with zero attached hydrogens (tertiary/aromatic N) is 1. The highest BCUT2D eigenvalue weighted by atomic mass is 19.1. The first-order valence-electron chi connectivity index (χ1n) is 8.07. The minimum Gasteiger partial charge on any atom is -0.136 e. The van der Waals surface area contributed by atoms with Crippen LogP contribution in [0.2, 0.25) is 0 Å². The molecular formula is C20H23FN+. The van der Waals surface area contributed by atoms with Gasteiger partial charge in [0.1, 0.15) is 0 Å². The van der Waals surface area contributed by atoms with Crippen LogP contribution >= 0.6 is 0 Å². The first-order chi connectivity index (χ1) is 10.6. The molecule has 0 spiro atoms. The summed E-state index contributed by atoms with van der Waals surface area (Å²) in [6.45, 7) is 10.7. The molecule has 0 fully saturated rings. The summed E-state index contributed by atoms with van der Waals surface area (Å²) in [5, 5.41) is 0. The zero-order valence-electron chi connectivity index (χ0n) is 13.6. The maximum absolute atomic E-state index is 14.6. The zero-order chi connectivity index (χ0) is 15.9. The van der Waals surface area contributed by atoms with Crippen LogP contribution in [-0.2, 0) is 5.41 Å². The summed E-state index contributed by atoms with van der Waals surface area (Å²) < 4.78 is 16.4. The predicted octanol–water partition coefficient (Wildman–Crippen LogP) is 5.02. The van der Waals surface area contributed by atoms with Crippen LogP contribution in [0.5, 0.6) is 0 Å². The molecule has 1 aromatic heterocycles. The summed E-state index contributed by atoms with van der Waals surface area (Å²) in [6.07, 6.45) is 2.96. The molecule has 1 aromatic carbocycles. The number of rotatable bonds is 3. The Hall–Kier alpha value is -1.96. The molecule has 0 saturated heterocycles. The first kappa shape index (κ1) is 15.0. The highest BCUT2D eigenvalue weighted by molar-refractivity contribution is 5.74. The van der Waals surface area contributed by atoms with Crippen molar-refractivity contribution >= 4 is 5.70 Å². The van der Waals surface area contributed by atoms with E-state index in [1.54, 1.807) is 10.6 Å². The van der Waals surface area contributed by atoms with E-state index in [0.29, 0.717) is 0 Å². The molecule has 0 bridgehead atoms. The van der Waals surface area contributed by atoms with Crippen LogP contribution in [0, 0.1) is 12.9 Å². The number of hydrogen-bond donors (Lipinski definition) is 0. The molecule has 2 aromatic rings. The smallest absolute Gasteiger partial charge is 0.136 e. The lowest BCUT2D eigenvalue weighted by molar-refractivity contribution is -0.610. The van der Waals surface area contributed by atoms with E-state index in [9.17, 15) is 4.39 Å². The fraction of sp³-hybridized carbons (Fsp3) is 0.350. The largest absolute Gasteiger partial charge is 0.365 e. The molecule has 2 heteroatoms. The molecule has 2 heterocycles. The fourth-order valence-corrected chi connectivity index (χ4v) is 3.98. The molecule has 1 aliphatic rings. The van der Waals surface area contributed by atoms with Gasteiger partial charge in [-0.05, 0) is 44.0 Å². The highest BCUT2D eigenvalue weighted by Gasteiger charge is 2.47. The van der Waals surface area contributed by atoms with Crippen molar-refractivity contribution in [2.75, 3.05) is 0 Å². The molecule has 0 aliphatic carbocycles. The van der Waals surface area contributed by atoms with Gasteiger partial charge in [-0.25, -0.2) is 0 Å². The van der Waals surface area contributed by atoms with Crippen LogP contribution in [0.1, 0.15) is 44.2 Å². The van der Waals surface area contributed by atoms with Crippen molar-refractivity contribution in [3.05, 3.63) is 60.1 Å². The third kappa shape index (κ3) is 1.86. The Bertz CT molecular complexity index is 747. The third-order valence-electron chi connectivity index (χ3n) is 5.08. The second-order valence-electron chi connectivity index (χ2n) is 6.20. The summed E-state index contributed by atoms with van der Waals surface area (Å²) in [6, 6.07) is 11.8. The lowest BCUT2D eigenvalue weighted by Gasteiger charge is -2.36. The Morgan fingerprint density at radius 2 is 1.86 bits per heavy atom. The lowest BCUT2D eigenvalue weighted by Crippen LogP contribution is -2.51. The second kappa shape index (κ2) is 5.35. The van der Waals surface area contributed by atoms with Crippen molar-refractivity contribution in [2.24, 2.45) is 0 Å². The van der Waals surface area contributed by atoms with Gasteiger partial charge in [-0.3, -0.25) is 0 Å². The first-order valence-corrected chi connectivity index (χ1v) is 8.07. The summed E-state index contributed by atoms with van der Waals surface area (Å²) in [5.74, 6) is -0.228. The van der Waals surface area contributed by atoms with Crippen molar-refractivity contribution < 1.29 is 8.96 Å². The lowest BCUT2D eigenvalue weighted by atomic mass is 9.68. The van der Waals surface area contributed by atoms with Gasteiger partial charge in [0.15, 0.2) is 5.70 Å². The summed E-state index contributed by atoms with van der Waals surface area (Å²) in [4.78, 5) is 0. The van der Waals surface area contributed by atoms with Crippen molar-refractivity contribution in [3.63, 3.8) is 0 Å². The molecule has 0 amide bonds. The Morgan fingerprint density at radius 3 is 2.55 bits per heavy atom. The Labute approximate surface area is 132 Å². The third-order valence-corrected chi connectivity index (χ3v) is 5.08. The number of fused-ring (bicyclic) bond motifs is 3. The maximum Gasteiger partial charge on any atom is 0.365 e. The van der Waals surface area contributed by atoms with E-state index in [1.165, 1.54) is 5.56 Å². The van der Waals surface area contributed by atoms with E-state index in [0.717, 1.165) is 41.8 Å². The van der Waals surface area contributed by atoms with E-state index in [1.807, 2.05) is 19.1 Å². The number of aryl methyl sites for hydroxylation is 1. The van der Waals surface area contributed by atoms with Crippen LogP contribution in [0.4, 0.5) is 4.39 Å². The molecule has 3 rings (SSSR count). The van der Waals surface area contributed by atoms with Gasteiger partial charge in [-0.15, -0.1) is 8.96 Å². The molecule has 114 valence electrons. The number of halogens is 1. The topological polar surface area (TPSA) is 3.88 Å². The zero-order valence-corrected chi connectivity index (χ0v) is 13.6. The Balaban J connectivity index is 2.42. The Kier molecular flexibility index (Phi) is 3.64. The molecule has 1 atom stereocenters. The number of allylic oxidation sites excluding steroid dienone is 1. The molecule has 1 nitrogen and oxygen atoms in total. The minimum absolute atomic E-state index is 0.183. The Morgan fingerprint density at radius 1 is 1.14 bits per heavy atom. The van der Waals surface area contributed by atoms with E-state index < -0.39 is 0 Å². The minimum atomic E-state index is -0.228. The number of pyridine rings is 1. The van der Waals surface area contributed by atoms with Crippen LogP contribution in [0.3, 0.4) is 0 Å². The van der Waals surface area contributed by atoms with E-state index in [2.05, 4.69) is 38.6 Å². The van der Waals surface area contributed by atoms with Crippen LogP contribution in [0.25, 0.3) is 17.0 Å². The van der Waals surface area contributed by atoms with Gasteiger partial charge >= 0.3 is 5.95 Å². The average molecular weight is 296 g/mol. The monoisotopic (exact) mass is 296 g/mol. The standard InChI is InChI=1S/C20H23FN/c1-5-13-20(6-2)15(4)22-18(21)12-11-14(3)19(22)16-9-7-8-10-17(16)20/h7-12H,4-6,13H2,1-3H3/q+1. The van der Waals surface area contributed by atoms with Gasteiger partial charge < -0.3 is 0 Å². The molecule has 0 N–H and O–H groups in total. The number of hydrogen-bond acceptors (Lipinski definition) is 0. The molecular weight excluding hydrogens is 273 g/mol. The van der Waals surface area contributed by atoms with Crippen molar-refractivity contribution in [3.8, 4) is 11.3 Å². The van der Waals surface area contributed by atoms with Gasteiger partial charge in [-0.2, -0.15) is 0 Å². The fourth-order valence-electron chi connectivity index (χ4n) is 3.98. The molecule has 0 radical (unpaired) electrons. The van der Waals surface area contributed by atoms with Gasteiger partial charge in [0, 0.05) is 11.6 Å². The van der Waals surface area contributed by atoms with E-state index in [4.69, 9.17) is 0 Å². The summed E-state index contributed by atoms with van der Waals surface area (Å²) >= 11 is 0. The van der Waals surface area contributed by atoms with Gasteiger partial charge in [0.2, 0.25) is 5.69 Å². The van der Waals surface area contributed by atoms with Crippen molar-refractivity contribution in [1.82, 2.24) is 0 Å². The molecule has 1 unspecified atom stereocenters. The van der Waals surface area contributed by atoms with Crippen molar-refractivity contribution in [1.29, 1.82) is 0 Å². The van der Waals surface area contributed by atoms with Crippen LogP contribution in [-0.4, -0.2) is 0 Å². The van der Waals surface area contributed by atoms with Crippen molar-refractivity contribution in [2.45, 2.75) is 45.4 Å². The van der Waals surface area contributed by atoms with E-state index in [-0.39, 0.29) is 11.4 Å². The van der Waals surface area contributed by atoms with Crippen LogP contribution in [0.15, 0.2) is 43.0 Å². The molecule has 0 saturated carbocycles. The van der Waals surface area contributed by atoms with Gasteiger partial charge in [-0.1, -0.05) is 38.5 Å². The maximum atomic E-state index is 14.6. The second-order valence-corrected chi connectivity index (χ2v) is 6.20. The number of aromatic nitrogens is 1. The SMILES string of the molecule is C=C1[n+]2c(F)ccc(C)c2-c2ccccc2C1(CC)CCC. The highest BCUT2D eigenvalue weighted by Crippen LogP contribution is 2.47. The molecule has 1 aliphatic heterocycles. The number of benzene rings is 1. The van der Waals surface area contributed by atoms with E-state index >= 15 is 0 Å². The summed E-state index contributed by atoms with van der Waals surface area (Å²) in [7, 11) is 0. The predicted molar refractivity (Wildman–Crippen MR) is 89.0 cm³/mol. The van der Waals surface area contributed by atoms with Gasteiger partial charge in [0.25, 0.3) is 0 Å². The quantitative estimate of drug-likeness (QED) is 0.553. The molecule has 22 heavy (non-hydrogen) atoms. The van der Waals surface area contributed by atoms with Gasteiger partial charge in [0.05, 0.1) is 11.0 Å².